The van der Waals surface area contributed by atoms with E-state index in [1.54, 1.807) is 0 Å². The van der Waals surface area contributed by atoms with Crippen molar-refractivity contribution < 1.29 is 138 Å². The summed E-state index contributed by atoms with van der Waals surface area (Å²) in [5.41, 5.74) is 43.1. The number of nitrogens with two attached hydrogens (primary N) is 7. The molecule has 0 amide bonds. The van der Waals surface area contributed by atoms with Crippen molar-refractivity contribution in [2.45, 2.75) is 215 Å². The Morgan fingerprint density at radius 1 is 0.182 bits per heavy atom. The lowest BCUT2D eigenvalue weighted by Crippen LogP contribution is -2.66. The number of rotatable bonds is 0. The molecule has 0 unspecified atom stereocenters. The lowest BCUT2D eigenvalue weighted by Gasteiger charge is -2.45. The first kappa shape index (κ1) is 61.7. The zero-order valence-corrected chi connectivity index (χ0v) is 41.2. The molecule has 77 heavy (non-hydrogen) atoms. The number of fused-ring (bicyclic) bond motifs is 14. The summed E-state index contributed by atoms with van der Waals surface area (Å²) in [6.07, 6.45) is -45.3. The van der Waals surface area contributed by atoms with Crippen molar-refractivity contribution in [1.82, 2.24) is 0 Å². The maximum absolute atomic E-state index is 11.0. The smallest absolute Gasteiger partial charge is 0.175 e. The van der Waals surface area contributed by atoms with Crippen molar-refractivity contribution in [1.29, 1.82) is 0 Å². The molecule has 35 nitrogen and oxygen atoms in total. The minimum Gasteiger partial charge on any atom is -0.388 e. The van der Waals surface area contributed by atoms with Crippen molar-refractivity contribution in [3.05, 3.63) is 0 Å². The third-order valence-electron chi connectivity index (χ3n) is 15.2. The van der Waals surface area contributed by atoms with Gasteiger partial charge in [0.15, 0.2) is 44.0 Å². The van der Waals surface area contributed by atoms with Crippen LogP contribution in [-0.2, 0) is 66.3 Å². The predicted octanol–water partition coefficient (Wildman–Crippen LogP) is -15.5. The lowest BCUT2D eigenvalue weighted by molar-refractivity contribution is -0.323. The number of aliphatic hydroxyl groups excluding tert-OH is 14. The van der Waals surface area contributed by atoms with Gasteiger partial charge >= 0.3 is 0 Å². The molecule has 8 saturated heterocycles. The second-order valence-corrected chi connectivity index (χ2v) is 20.5. The van der Waals surface area contributed by atoms with Crippen molar-refractivity contribution in [2.75, 3.05) is 46.2 Å². The Morgan fingerprint density at radius 2 is 0.286 bits per heavy atom. The van der Waals surface area contributed by atoms with Gasteiger partial charge in [-0.15, -0.1) is 0 Å². The van der Waals surface area contributed by atoms with E-state index in [0.29, 0.717) is 0 Å². The molecular formula is C42H77N7O28. The first-order valence-electron chi connectivity index (χ1n) is 25.1. The van der Waals surface area contributed by atoms with Gasteiger partial charge in [-0.05, 0) is 0 Å². The number of ether oxygens (including phenoxy) is 14. The third-order valence-corrected chi connectivity index (χ3v) is 15.2. The van der Waals surface area contributed by atoms with Gasteiger partial charge in [-0.1, -0.05) is 0 Å². The van der Waals surface area contributed by atoms with Gasteiger partial charge in [0.1, 0.15) is 128 Å². The van der Waals surface area contributed by atoms with E-state index < -0.39 is 261 Å². The molecule has 0 aliphatic carbocycles. The van der Waals surface area contributed by atoms with Crippen molar-refractivity contribution in [3.8, 4) is 0 Å². The van der Waals surface area contributed by atoms with Gasteiger partial charge in [-0.25, -0.2) is 0 Å². The van der Waals surface area contributed by atoms with Gasteiger partial charge in [0.25, 0.3) is 0 Å². The highest BCUT2D eigenvalue weighted by molar-refractivity contribution is 5.00. The molecule has 0 aromatic heterocycles. The van der Waals surface area contributed by atoms with Crippen LogP contribution < -0.4 is 40.1 Å². The van der Waals surface area contributed by atoms with Crippen LogP contribution in [-0.4, -0.2) is 332 Å². The topological polar surface area (TPSA) is 595 Å². The molecule has 8 heterocycles. The molecule has 8 fully saturated rings. The minimum absolute atomic E-state index is 0.624. The van der Waals surface area contributed by atoms with Crippen molar-refractivity contribution >= 4 is 0 Å². The summed E-state index contributed by atoms with van der Waals surface area (Å²) in [4.78, 5) is 0. The molecule has 8 rings (SSSR count). The summed E-state index contributed by atoms with van der Waals surface area (Å²) in [6, 6.07) is -10.1. The van der Waals surface area contributed by atoms with E-state index in [2.05, 4.69) is 0 Å². The van der Waals surface area contributed by atoms with Crippen LogP contribution in [0.4, 0.5) is 0 Å². The normalized spacial score (nSPS) is 56.5. The highest BCUT2D eigenvalue weighted by Crippen LogP contribution is 2.32. The summed E-state index contributed by atoms with van der Waals surface area (Å²) in [5.74, 6) is 0. The van der Waals surface area contributed by atoms with Gasteiger partial charge < -0.3 is 178 Å². The van der Waals surface area contributed by atoms with E-state index >= 15 is 0 Å². The molecule has 0 aromatic carbocycles. The molecule has 14 bridgehead atoms. The van der Waals surface area contributed by atoms with E-state index in [4.69, 9.17) is 106 Å². The van der Waals surface area contributed by atoms with Crippen molar-refractivity contribution in [2.24, 2.45) is 40.1 Å². The molecule has 35 atom stereocenters. The second kappa shape index (κ2) is 26.0. The molecule has 8 aliphatic rings. The first-order valence-corrected chi connectivity index (χ1v) is 25.1. The Hall–Kier alpha value is -1.40. The molecule has 448 valence electrons. The molecular weight excluding hydrogens is 1050 g/mol. The average molecular weight is 1130 g/mol. The van der Waals surface area contributed by atoms with Gasteiger partial charge in [0.2, 0.25) is 0 Å². The minimum atomic E-state index is -1.73. The Kier molecular flexibility index (Phi) is 20.8. The maximum atomic E-state index is 11.0. The van der Waals surface area contributed by atoms with Crippen LogP contribution in [0, 0.1) is 0 Å². The SMILES string of the molecule is N[C@H]1[C@@H]2OC[C@H]3O[C@@H](OC[C@H]4O[C@@H](OC[C@H]5O[C@@H](OC[C@H]6O[C@@H](OC[C@H]7O[C@@H](OC[C@H]8O[C@@H](OC[C@@H](O2)[C@@H](O)[C@@H]1O)[C@H](N)[C@@H](O)[C@@H]8O)[C@H](N)[C@@H](O)[C@@H]7O)[C@H](N)[C@@H](O)[C@@H]6O)[C@H](N)[C@@H](O)[C@@H]5O)[C@H](N)[C@@H](O)[C@@H]4O)[C@H](N)[C@@H](O)[C@@H]3O. The van der Waals surface area contributed by atoms with Crippen LogP contribution >= 0.6 is 0 Å². The van der Waals surface area contributed by atoms with Gasteiger partial charge in [0, 0.05) is 0 Å². The Balaban J connectivity index is 1.01. The number of aliphatic hydroxyl groups is 14. The van der Waals surface area contributed by atoms with Crippen LogP contribution in [0.2, 0.25) is 0 Å². The summed E-state index contributed by atoms with van der Waals surface area (Å²) in [6.45, 7) is -4.37. The number of hydrogen-bond donors (Lipinski definition) is 21. The van der Waals surface area contributed by atoms with Gasteiger partial charge in [0.05, 0.1) is 88.5 Å². The highest BCUT2D eigenvalue weighted by Gasteiger charge is 2.53. The maximum Gasteiger partial charge on any atom is 0.175 e. The quantitative estimate of drug-likeness (QED) is 0.107. The summed E-state index contributed by atoms with van der Waals surface area (Å²) in [7, 11) is 0. The third kappa shape index (κ3) is 13.0. The Bertz CT molecular complexity index is 1390. The predicted molar refractivity (Wildman–Crippen MR) is 242 cm³/mol. The van der Waals surface area contributed by atoms with E-state index in [1.807, 2.05) is 0 Å². The zero-order valence-electron chi connectivity index (χ0n) is 41.2. The molecule has 35 heteroatoms. The molecule has 8 aliphatic heterocycles. The van der Waals surface area contributed by atoms with Crippen LogP contribution in [0.15, 0.2) is 0 Å². The molecule has 0 radical (unpaired) electrons. The van der Waals surface area contributed by atoms with Crippen LogP contribution in [0.25, 0.3) is 0 Å². The summed E-state index contributed by atoms with van der Waals surface area (Å²) >= 11 is 0. The van der Waals surface area contributed by atoms with Crippen LogP contribution in [0.3, 0.4) is 0 Å². The molecule has 0 aromatic rings. The standard InChI is InChI=1S/C42H77N7O28/c43-15-30(58)23(51)9-2-66-38-17(45)32(60)25(53)11(74-38)4-68-40-19(47)34(62)27(55)13(76-40)6-70-42-21(49)35(63)28(56)14(77-42)7-69-41-20(48)33(61)26(54)12(75-41)5-67-39-18(46)31(59)24(52)10(73-39)3-65-37-16(44)29(57)22(50)8(71-37)1-64-36(15)72-9/h8-42,50-63H,1-7,43-49H2/t8-,9-,10-,11-,12-,13-,14-,15-,16-,17-,18-,19-,20-,21-,22-,23-,24-,25-,26-,27-,28-,29-,30-,31-,32-,33-,34-,35-,36-,37-,38-,39-,40-,41-,42-/m1/s1. The molecule has 0 spiro atoms. The van der Waals surface area contributed by atoms with E-state index in [-0.39, 0.29) is 0 Å². The number of hydrogen-bond acceptors (Lipinski definition) is 35. The van der Waals surface area contributed by atoms with Crippen LogP contribution in [0.5, 0.6) is 0 Å². The van der Waals surface area contributed by atoms with E-state index in [1.165, 1.54) is 0 Å². The Morgan fingerprint density at radius 3 is 0.390 bits per heavy atom. The molecule has 0 saturated carbocycles. The monoisotopic (exact) mass is 1130 g/mol. The first-order chi connectivity index (χ1) is 36.4. The fourth-order valence-electron chi connectivity index (χ4n) is 10.0. The van der Waals surface area contributed by atoms with E-state index in [9.17, 15) is 71.5 Å². The fourth-order valence-corrected chi connectivity index (χ4v) is 10.0. The van der Waals surface area contributed by atoms with Crippen molar-refractivity contribution in [3.63, 3.8) is 0 Å². The zero-order chi connectivity index (χ0) is 56.1. The Labute approximate surface area is 438 Å². The summed E-state index contributed by atoms with van der Waals surface area (Å²) < 4.78 is 81.5. The molecule has 28 N–H and O–H groups in total. The average Bonchev–Trinajstić information content (AvgIpc) is 3.43. The fraction of sp³-hybridized carbons (Fsp3) is 1.00. The lowest BCUT2D eigenvalue weighted by atomic mass is 9.96. The summed E-state index contributed by atoms with van der Waals surface area (Å²) in [5, 5.41) is 153. The largest absolute Gasteiger partial charge is 0.388 e. The van der Waals surface area contributed by atoms with Gasteiger partial charge in [-0.3, -0.25) is 0 Å². The van der Waals surface area contributed by atoms with Gasteiger partial charge in [-0.2, -0.15) is 0 Å². The second-order valence-electron chi connectivity index (χ2n) is 20.5. The van der Waals surface area contributed by atoms with E-state index in [0.717, 1.165) is 0 Å². The highest BCUT2D eigenvalue weighted by atomic mass is 16.8. The van der Waals surface area contributed by atoms with Crippen LogP contribution in [0.1, 0.15) is 0 Å².